The average molecular weight is 406 g/mol. The molecule has 0 spiro atoms. The Hall–Kier alpha value is -2.13. The fourth-order valence-electron chi connectivity index (χ4n) is 3.95. The summed E-state index contributed by atoms with van der Waals surface area (Å²) in [7, 11) is 0. The van der Waals surface area contributed by atoms with E-state index in [0.29, 0.717) is 12.5 Å². The van der Waals surface area contributed by atoms with Crippen LogP contribution in [0.1, 0.15) is 71.7 Å². The molecule has 3 heteroatoms. The Kier molecular flexibility index (Phi) is 6.05. The van der Waals surface area contributed by atoms with Crippen molar-refractivity contribution >= 4 is 11.5 Å². The molecule has 0 aliphatic heterocycles. The van der Waals surface area contributed by atoms with Crippen LogP contribution in [0.2, 0.25) is 0 Å². The molecule has 0 radical (unpaired) electrons. The van der Waals surface area contributed by atoms with Crippen molar-refractivity contribution in [3.63, 3.8) is 0 Å². The van der Waals surface area contributed by atoms with E-state index in [1.165, 1.54) is 57.5 Å². The zero-order valence-electron chi connectivity index (χ0n) is 18.0. The summed E-state index contributed by atoms with van der Waals surface area (Å²) in [5, 5.41) is 0. The van der Waals surface area contributed by atoms with E-state index in [1.807, 2.05) is 0 Å². The molecular weight excluding hydrogens is 374 g/mol. The molecule has 1 saturated carbocycles. The molecule has 0 atom stereocenters. The lowest BCUT2D eigenvalue weighted by Crippen LogP contribution is -2.02. The predicted octanol–water partition coefficient (Wildman–Crippen LogP) is 7.40. The van der Waals surface area contributed by atoms with Crippen LogP contribution < -0.4 is 4.74 Å². The van der Waals surface area contributed by atoms with Crippen LogP contribution >= 0.6 is 11.5 Å². The number of ether oxygens (including phenoxy) is 1. The van der Waals surface area contributed by atoms with E-state index in [0.717, 1.165) is 24.3 Å². The van der Waals surface area contributed by atoms with Gasteiger partial charge in [-0.2, -0.15) is 4.37 Å². The van der Waals surface area contributed by atoms with Crippen LogP contribution in [0.25, 0.3) is 11.3 Å². The molecular formula is C26H31NOS. The molecule has 0 bridgehead atoms. The molecule has 29 heavy (non-hydrogen) atoms. The lowest BCUT2D eigenvalue weighted by molar-refractivity contribution is 0.303. The molecule has 3 aromatic rings. The third kappa shape index (κ3) is 4.25. The number of aryl methyl sites for hydroxylation is 2. The first kappa shape index (κ1) is 20.2. The van der Waals surface area contributed by atoms with Gasteiger partial charge in [-0.15, -0.1) is 0 Å². The first-order valence-corrected chi connectivity index (χ1v) is 11.7. The molecule has 2 aromatic carbocycles. The summed E-state index contributed by atoms with van der Waals surface area (Å²) < 4.78 is 11.2. The van der Waals surface area contributed by atoms with E-state index in [4.69, 9.17) is 9.11 Å². The van der Waals surface area contributed by atoms with Gasteiger partial charge in [0, 0.05) is 16.0 Å². The predicted molar refractivity (Wildman–Crippen MR) is 123 cm³/mol. The number of hydrogen-bond donors (Lipinski definition) is 0. The molecule has 4 rings (SSSR count). The minimum absolute atomic E-state index is 0.598. The molecule has 0 saturated heterocycles. The highest BCUT2D eigenvalue weighted by Gasteiger charge is 2.30. The van der Waals surface area contributed by atoms with Crippen molar-refractivity contribution < 1.29 is 4.74 Å². The van der Waals surface area contributed by atoms with Gasteiger partial charge in [0.1, 0.15) is 12.4 Å². The highest BCUT2D eigenvalue weighted by Crippen LogP contribution is 2.46. The average Bonchev–Trinajstić information content (AvgIpc) is 3.50. The monoisotopic (exact) mass is 405 g/mol. The Morgan fingerprint density at radius 1 is 1.00 bits per heavy atom. The van der Waals surface area contributed by atoms with Crippen molar-refractivity contribution in [3.8, 4) is 17.0 Å². The van der Waals surface area contributed by atoms with Gasteiger partial charge in [-0.3, -0.25) is 0 Å². The van der Waals surface area contributed by atoms with Crippen LogP contribution in [0.5, 0.6) is 5.75 Å². The molecule has 2 nitrogen and oxygen atoms in total. The zero-order valence-corrected chi connectivity index (χ0v) is 18.9. The van der Waals surface area contributed by atoms with Crippen molar-refractivity contribution in [2.24, 2.45) is 0 Å². The molecule has 152 valence electrons. The van der Waals surface area contributed by atoms with E-state index < -0.39 is 0 Å². The molecule has 1 fully saturated rings. The van der Waals surface area contributed by atoms with Crippen LogP contribution in [0.15, 0.2) is 36.4 Å². The minimum Gasteiger partial charge on any atom is -0.489 e. The number of rotatable bonds is 8. The molecule has 1 aliphatic carbocycles. The fraction of sp³-hybridized carbons (Fsp3) is 0.423. The molecule has 0 amide bonds. The Bertz CT molecular complexity index is 983. The van der Waals surface area contributed by atoms with Crippen molar-refractivity contribution in [3.05, 3.63) is 69.1 Å². The molecule has 1 heterocycles. The summed E-state index contributed by atoms with van der Waals surface area (Å²) in [6.07, 6.45) is 5.94. The van der Waals surface area contributed by atoms with Crippen LogP contribution in [-0.4, -0.2) is 4.37 Å². The number of hydrogen-bond acceptors (Lipinski definition) is 3. The van der Waals surface area contributed by atoms with Crippen molar-refractivity contribution in [2.45, 2.75) is 72.3 Å². The zero-order chi connectivity index (χ0) is 20.4. The Morgan fingerprint density at radius 2 is 1.76 bits per heavy atom. The summed E-state index contributed by atoms with van der Waals surface area (Å²) in [5.74, 6) is 1.69. The highest BCUT2D eigenvalue weighted by atomic mass is 32.1. The summed E-state index contributed by atoms with van der Waals surface area (Å²) in [5.41, 5.74) is 9.03. The normalized spacial score (nSPS) is 13.7. The van der Waals surface area contributed by atoms with Gasteiger partial charge in [-0.25, -0.2) is 0 Å². The number of benzene rings is 2. The molecule has 1 aliphatic rings. The summed E-state index contributed by atoms with van der Waals surface area (Å²) in [4.78, 5) is 1.43. The van der Waals surface area contributed by atoms with Gasteiger partial charge < -0.3 is 4.74 Å². The second-order valence-corrected chi connectivity index (χ2v) is 9.02. The third-order valence-corrected chi connectivity index (χ3v) is 7.19. The quantitative estimate of drug-likeness (QED) is 0.389. The van der Waals surface area contributed by atoms with E-state index in [-0.39, 0.29) is 0 Å². The maximum absolute atomic E-state index is 6.39. The maximum atomic E-state index is 6.39. The van der Waals surface area contributed by atoms with E-state index >= 15 is 0 Å². The van der Waals surface area contributed by atoms with Gasteiger partial charge in [0.05, 0.1) is 5.69 Å². The molecule has 0 unspecified atom stereocenters. The fourth-order valence-corrected chi connectivity index (χ4v) is 5.01. The van der Waals surface area contributed by atoms with Crippen LogP contribution in [-0.2, 0) is 19.4 Å². The van der Waals surface area contributed by atoms with Crippen molar-refractivity contribution in [2.75, 3.05) is 0 Å². The standard InChI is InChI=1S/C26H31NOS/c1-5-7-20-14-15-24(18(4)17(20)3)28-16-23-25(27-29-26(23)22-12-13-22)21-10-8-19(6-2)9-11-21/h8-11,14-15,22H,5-7,12-13,16H2,1-4H3. The summed E-state index contributed by atoms with van der Waals surface area (Å²) in [6, 6.07) is 13.2. The van der Waals surface area contributed by atoms with Crippen LogP contribution in [0.3, 0.4) is 0 Å². The lowest BCUT2D eigenvalue weighted by atomic mass is 9.99. The van der Waals surface area contributed by atoms with Gasteiger partial charge in [-0.1, -0.05) is 50.6 Å². The van der Waals surface area contributed by atoms with Crippen LogP contribution in [0.4, 0.5) is 0 Å². The van der Waals surface area contributed by atoms with Crippen molar-refractivity contribution in [1.29, 1.82) is 0 Å². The second-order valence-electron chi connectivity index (χ2n) is 8.21. The molecule has 1 aromatic heterocycles. The Morgan fingerprint density at radius 3 is 2.41 bits per heavy atom. The van der Waals surface area contributed by atoms with Gasteiger partial charge in [0.2, 0.25) is 0 Å². The minimum atomic E-state index is 0.598. The summed E-state index contributed by atoms with van der Waals surface area (Å²) >= 11 is 1.67. The van der Waals surface area contributed by atoms with Gasteiger partial charge >= 0.3 is 0 Å². The Balaban J connectivity index is 1.61. The molecule has 0 N–H and O–H groups in total. The van der Waals surface area contributed by atoms with Gasteiger partial charge in [0.25, 0.3) is 0 Å². The van der Waals surface area contributed by atoms with Crippen molar-refractivity contribution in [1.82, 2.24) is 4.37 Å². The lowest BCUT2D eigenvalue weighted by Gasteiger charge is -2.15. The van der Waals surface area contributed by atoms with E-state index in [2.05, 4.69) is 64.1 Å². The maximum Gasteiger partial charge on any atom is 0.123 e. The second kappa shape index (κ2) is 8.71. The third-order valence-electron chi connectivity index (χ3n) is 6.14. The smallest absolute Gasteiger partial charge is 0.123 e. The van der Waals surface area contributed by atoms with Gasteiger partial charge in [0.15, 0.2) is 0 Å². The first-order valence-electron chi connectivity index (χ1n) is 10.9. The summed E-state index contributed by atoms with van der Waals surface area (Å²) in [6.45, 7) is 9.42. The highest BCUT2D eigenvalue weighted by molar-refractivity contribution is 7.06. The number of nitrogens with zero attached hydrogens (tertiary/aromatic N) is 1. The van der Waals surface area contributed by atoms with Gasteiger partial charge in [-0.05, 0) is 85.3 Å². The van der Waals surface area contributed by atoms with E-state index in [9.17, 15) is 0 Å². The largest absolute Gasteiger partial charge is 0.489 e. The first-order chi connectivity index (χ1) is 14.1. The SMILES string of the molecule is CCCc1ccc(OCc2c(-c3ccc(CC)cc3)nsc2C2CC2)c(C)c1C. The topological polar surface area (TPSA) is 22.1 Å². The number of aromatic nitrogens is 1. The van der Waals surface area contributed by atoms with Crippen LogP contribution in [0, 0.1) is 13.8 Å². The van der Waals surface area contributed by atoms with E-state index in [1.54, 1.807) is 11.5 Å². The Labute approximate surface area is 179 Å².